The van der Waals surface area contributed by atoms with Gasteiger partial charge in [-0.3, -0.25) is 15.1 Å². The Bertz CT molecular complexity index is 878. The SMILES string of the molecule is Cn1cc(-c2n[nH]c3cc(NC(=O)NCC4CCC4)ncc23)cn1. The number of rotatable bonds is 4. The van der Waals surface area contributed by atoms with Crippen LogP contribution in [0, 0.1) is 5.92 Å². The number of urea groups is 1. The molecule has 1 aliphatic rings. The monoisotopic (exact) mass is 325 g/mol. The van der Waals surface area contributed by atoms with Gasteiger partial charge in [0.25, 0.3) is 0 Å². The quantitative estimate of drug-likeness (QED) is 0.685. The van der Waals surface area contributed by atoms with Crippen LogP contribution in [0.25, 0.3) is 22.2 Å². The molecular formula is C16H19N7O. The second kappa shape index (κ2) is 5.95. The molecule has 8 heteroatoms. The number of nitrogens with one attached hydrogen (secondary N) is 3. The van der Waals surface area contributed by atoms with Crippen molar-refractivity contribution in [1.29, 1.82) is 0 Å². The van der Waals surface area contributed by atoms with Gasteiger partial charge in [-0.15, -0.1) is 0 Å². The minimum absolute atomic E-state index is 0.222. The summed E-state index contributed by atoms with van der Waals surface area (Å²) < 4.78 is 1.73. The van der Waals surface area contributed by atoms with Crippen LogP contribution in [0.2, 0.25) is 0 Å². The summed E-state index contributed by atoms with van der Waals surface area (Å²) in [5, 5.41) is 18.0. The summed E-state index contributed by atoms with van der Waals surface area (Å²) in [6.45, 7) is 0.725. The Hall–Kier alpha value is -2.90. The van der Waals surface area contributed by atoms with E-state index in [2.05, 4.69) is 30.9 Å². The van der Waals surface area contributed by atoms with Crippen LogP contribution < -0.4 is 10.6 Å². The number of carbonyl (C=O) groups excluding carboxylic acids is 1. The molecule has 1 fully saturated rings. The topological polar surface area (TPSA) is 101 Å². The molecule has 0 radical (unpaired) electrons. The first-order chi connectivity index (χ1) is 11.7. The van der Waals surface area contributed by atoms with Gasteiger partial charge in [0.05, 0.1) is 11.7 Å². The Balaban J connectivity index is 1.48. The fourth-order valence-corrected chi connectivity index (χ4v) is 2.84. The predicted octanol–water partition coefficient (Wildman–Crippen LogP) is 2.28. The minimum atomic E-state index is -0.222. The van der Waals surface area contributed by atoms with Crippen LogP contribution in [0.1, 0.15) is 19.3 Å². The van der Waals surface area contributed by atoms with E-state index >= 15 is 0 Å². The van der Waals surface area contributed by atoms with E-state index in [-0.39, 0.29) is 6.03 Å². The Morgan fingerprint density at radius 1 is 1.42 bits per heavy atom. The van der Waals surface area contributed by atoms with E-state index in [9.17, 15) is 4.79 Å². The predicted molar refractivity (Wildman–Crippen MR) is 90.5 cm³/mol. The van der Waals surface area contributed by atoms with Gasteiger partial charge in [-0.1, -0.05) is 6.42 Å². The third-order valence-corrected chi connectivity index (χ3v) is 4.44. The standard InChI is InChI=1S/C16H19N7O/c1-23-9-11(7-19-23)15-12-8-17-14(5-13(12)21-22-15)20-16(24)18-6-10-3-2-4-10/h5,7-10H,2-4,6H2,1H3,(H,21,22)(H2,17,18,20,24). The molecule has 124 valence electrons. The number of nitrogens with zero attached hydrogens (tertiary/aromatic N) is 4. The first kappa shape index (κ1) is 14.7. The van der Waals surface area contributed by atoms with Crippen LogP contribution in [0.3, 0.4) is 0 Å². The molecule has 1 saturated carbocycles. The maximum atomic E-state index is 11.9. The number of H-pyrrole nitrogens is 1. The molecule has 3 aromatic rings. The van der Waals surface area contributed by atoms with Crippen molar-refractivity contribution >= 4 is 22.8 Å². The van der Waals surface area contributed by atoms with Crippen LogP contribution in [-0.2, 0) is 7.05 Å². The zero-order valence-electron chi connectivity index (χ0n) is 13.4. The van der Waals surface area contributed by atoms with Crippen LogP contribution in [-0.4, -0.2) is 37.5 Å². The Kier molecular flexibility index (Phi) is 3.64. The Labute approximate surface area is 138 Å². The van der Waals surface area contributed by atoms with E-state index in [1.54, 1.807) is 23.1 Å². The molecule has 0 aliphatic heterocycles. The van der Waals surface area contributed by atoms with Gasteiger partial charge in [-0.05, 0) is 18.8 Å². The van der Waals surface area contributed by atoms with E-state index in [4.69, 9.17) is 0 Å². The van der Waals surface area contributed by atoms with Crippen LogP contribution in [0.4, 0.5) is 10.6 Å². The van der Waals surface area contributed by atoms with E-state index in [1.807, 2.05) is 13.2 Å². The number of anilines is 1. The highest BCUT2D eigenvalue weighted by molar-refractivity contribution is 5.95. The third-order valence-electron chi connectivity index (χ3n) is 4.44. The molecule has 1 aliphatic carbocycles. The number of aromatic nitrogens is 5. The molecule has 24 heavy (non-hydrogen) atoms. The average Bonchev–Trinajstić information content (AvgIpc) is 3.11. The van der Waals surface area contributed by atoms with Crippen molar-refractivity contribution in [3.05, 3.63) is 24.7 Å². The summed E-state index contributed by atoms with van der Waals surface area (Å²) in [6.07, 6.45) is 9.05. The van der Waals surface area contributed by atoms with Gasteiger partial charge < -0.3 is 5.32 Å². The molecule has 0 saturated heterocycles. The first-order valence-electron chi connectivity index (χ1n) is 8.07. The first-order valence-corrected chi connectivity index (χ1v) is 8.07. The lowest BCUT2D eigenvalue weighted by Crippen LogP contribution is -2.35. The highest BCUT2D eigenvalue weighted by Gasteiger charge is 2.18. The van der Waals surface area contributed by atoms with Gasteiger partial charge in [0.2, 0.25) is 0 Å². The summed E-state index contributed by atoms with van der Waals surface area (Å²) >= 11 is 0. The maximum Gasteiger partial charge on any atom is 0.320 e. The number of carbonyl (C=O) groups is 1. The minimum Gasteiger partial charge on any atom is -0.338 e. The molecule has 0 spiro atoms. The van der Waals surface area contributed by atoms with Gasteiger partial charge in [-0.2, -0.15) is 10.2 Å². The van der Waals surface area contributed by atoms with Crippen LogP contribution >= 0.6 is 0 Å². The lowest BCUT2D eigenvalue weighted by atomic mass is 9.85. The van der Waals surface area contributed by atoms with Crippen molar-refractivity contribution in [3.63, 3.8) is 0 Å². The zero-order chi connectivity index (χ0) is 16.5. The lowest BCUT2D eigenvalue weighted by molar-refractivity contribution is 0.243. The Morgan fingerprint density at radius 2 is 2.29 bits per heavy atom. The summed E-state index contributed by atoms with van der Waals surface area (Å²) in [4.78, 5) is 16.2. The number of pyridine rings is 1. The van der Waals surface area contributed by atoms with Crippen molar-refractivity contribution < 1.29 is 4.79 Å². The number of hydrogen-bond acceptors (Lipinski definition) is 4. The van der Waals surface area contributed by atoms with Crippen LogP contribution in [0.5, 0.6) is 0 Å². The number of aryl methyl sites for hydroxylation is 1. The van der Waals surface area contributed by atoms with E-state index < -0.39 is 0 Å². The number of fused-ring (bicyclic) bond motifs is 1. The zero-order valence-corrected chi connectivity index (χ0v) is 13.4. The number of aromatic amines is 1. The normalized spacial score (nSPS) is 14.5. The Morgan fingerprint density at radius 3 is 3.00 bits per heavy atom. The van der Waals surface area contributed by atoms with Crippen molar-refractivity contribution in [3.8, 4) is 11.3 Å². The fourth-order valence-electron chi connectivity index (χ4n) is 2.84. The highest BCUT2D eigenvalue weighted by Crippen LogP contribution is 2.27. The molecule has 0 atom stereocenters. The van der Waals surface area contributed by atoms with E-state index in [1.165, 1.54) is 19.3 Å². The number of hydrogen-bond donors (Lipinski definition) is 3. The van der Waals surface area contributed by atoms with Gasteiger partial charge in [0.15, 0.2) is 0 Å². The van der Waals surface area contributed by atoms with Crippen LogP contribution in [0.15, 0.2) is 24.7 Å². The average molecular weight is 325 g/mol. The molecular weight excluding hydrogens is 306 g/mol. The summed E-state index contributed by atoms with van der Waals surface area (Å²) in [5.41, 5.74) is 2.54. The van der Waals surface area contributed by atoms with Gasteiger partial charge >= 0.3 is 6.03 Å². The summed E-state index contributed by atoms with van der Waals surface area (Å²) in [7, 11) is 1.86. The van der Waals surface area contributed by atoms with E-state index in [0.29, 0.717) is 11.7 Å². The number of amides is 2. The second-order valence-electron chi connectivity index (χ2n) is 6.22. The molecule has 0 unspecified atom stereocenters. The van der Waals surface area contributed by atoms with Crippen molar-refractivity contribution in [2.24, 2.45) is 13.0 Å². The van der Waals surface area contributed by atoms with Gasteiger partial charge in [0.1, 0.15) is 11.5 Å². The molecule has 0 aromatic carbocycles. The largest absolute Gasteiger partial charge is 0.338 e. The van der Waals surface area contributed by atoms with E-state index in [0.717, 1.165) is 28.7 Å². The molecule has 3 N–H and O–H groups in total. The smallest absolute Gasteiger partial charge is 0.320 e. The third kappa shape index (κ3) is 2.82. The molecule has 2 amide bonds. The maximum absolute atomic E-state index is 11.9. The second-order valence-corrected chi connectivity index (χ2v) is 6.22. The molecule has 0 bridgehead atoms. The van der Waals surface area contributed by atoms with Crippen molar-refractivity contribution in [1.82, 2.24) is 30.3 Å². The summed E-state index contributed by atoms with van der Waals surface area (Å²) in [6, 6.07) is 1.56. The molecule has 8 nitrogen and oxygen atoms in total. The van der Waals surface area contributed by atoms with Crippen molar-refractivity contribution in [2.75, 3.05) is 11.9 Å². The highest BCUT2D eigenvalue weighted by atomic mass is 16.2. The molecule has 3 heterocycles. The lowest BCUT2D eigenvalue weighted by Gasteiger charge is -2.25. The van der Waals surface area contributed by atoms with Crippen molar-refractivity contribution in [2.45, 2.75) is 19.3 Å². The fraction of sp³-hybridized carbons (Fsp3) is 0.375. The summed E-state index contributed by atoms with van der Waals surface area (Å²) in [5.74, 6) is 1.12. The molecule has 3 aromatic heterocycles. The van der Waals surface area contributed by atoms with Gasteiger partial charge in [-0.25, -0.2) is 9.78 Å². The van der Waals surface area contributed by atoms with Gasteiger partial charge in [0, 0.05) is 43.0 Å². The molecule has 4 rings (SSSR count).